The lowest BCUT2D eigenvalue weighted by molar-refractivity contribution is 0.0954. The zero-order valence-corrected chi connectivity index (χ0v) is 9.11. The molecule has 1 rings (SSSR count). The number of hydrogen-bond acceptors (Lipinski definition) is 1. The van der Waals surface area contributed by atoms with Gasteiger partial charge in [-0.2, -0.15) is 0 Å². The summed E-state index contributed by atoms with van der Waals surface area (Å²) in [6.07, 6.45) is 0.762. The van der Waals surface area contributed by atoms with E-state index in [4.69, 9.17) is 23.2 Å². The van der Waals surface area contributed by atoms with Gasteiger partial charge in [0.25, 0.3) is 5.91 Å². The number of rotatable bonds is 4. The van der Waals surface area contributed by atoms with Crippen molar-refractivity contribution in [3.63, 3.8) is 0 Å². The third-order valence-corrected chi connectivity index (χ3v) is 2.31. The number of amides is 1. The van der Waals surface area contributed by atoms with Gasteiger partial charge in [0.15, 0.2) is 0 Å². The Morgan fingerprint density at radius 2 is 2.07 bits per heavy atom. The van der Waals surface area contributed by atoms with Crippen molar-refractivity contribution >= 4 is 29.1 Å². The van der Waals surface area contributed by atoms with Gasteiger partial charge in [0, 0.05) is 12.4 Å². The molecule has 1 N–H and O–H groups in total. The molecule has 0 fully saturated rings. The first-order valence-electron chi connectivity index (χ1n) is 4.34. The van der Waals surface area contributed by atoms with Gasteiger partial charge < -0.3 is 5.32 Å². The van der Waals surface area contributed by atoms with Crippen molar-refractivity contribution in [3.8, 4) is 0 Å². The fourth-order valence-corrected chi connectivity index (χ4v) is 1.36. The molecule has 76 valence electrons. The molecule has 0 saturated heterocycles. The van der Waals surface area contributed by atoms with Crippen LogP contribution in [-0.4, -0.2) is 18.3 Å². The number of benzene rings is 1. The molecule has 0 unspecified atom stereocenters. The lowest BCUT2D eigenvalue weighted by Gasteiger charge is -2.04. The molecule has 0 spiro atoms. The number of alkyl halides is 1. The number of nitrogens with one attached hydrogen (secondary N) is 1. The van der Waals surface area contributed by atoms with Crippen LogP contribution in [0, 0.1) is 0 Å². The summed E-state index contributed by atoms with van der Waals surface area (Å²) in [6, 6.07) is 6.95. The van der Waals surface area contributed by atoms with Crippen molar-refractivity contribution in [1.29, 1.82) is 0 Å². The fraction of sp³-hybridized carbons (Fsp3) is 0.300. The van der Waals surface area contributed by atoms with Crippen molar-refractivity contribution in [3.05, 3.63) is 34.9 Å². The molecule has 14 heavy (non-hydrogen) atoms. The predicted molar refractivity (Wildman–Crippen MR) is 59.1 cm³/mol. The van der Waals surface area contributed by atoms with E-state index in [1.54, 1.807) is 24.3 Å². The number of hydrogen-bond donors (Lipinski definition) is 1. The SMILES string of the molecule is O=C(NCCCCl)c1ccccc1Cl. The number of carbonyl (C=O) groups excluding carboxylic acids is 1. The molecule has 2 nitrogen and oxygen atoms in total. The Bertz CT molecular complexity index is 315. The molecular weight excluding hydrogens is 221 g/mol. The molecule has 0 aliphatic rings. The van der Waals surface area contributed by atoms with E-state index >= 15 is 0 Å². The second kappa shape index (κ2) is 5.89. The van der Waals surface area contributed by atoms with E-state index in [9.17, 15) is 4.79 Å². The van der Waals surface area contributed by atoms with Crippen molar-refractivity contribution in [2.24, 2.45) is 0 Å². The van der Waals surface area contributed by atoms with Gasteiger partial charge >= 0.3 is 0 Å². The molecule has 0 radical (unpaired) electrons. The van der Waals surface area contributed by atoms with E-state index in [0.29, 0.717) is 23.0 Å². The fourth-order valence-electron chi connectivity index (χ4n) is 1.01. The van der Waals surface area contributed by atoms with E-state index in [1.165, 1.54) is 0 Å². The maximum absolute atomic E-state index is 11.5. The second-order valence-corrected chi connectivity index (χ2v) is 3.56. The zero-order valence-electron chi connectivity index (χ0n) is 7.59. The average Bonchev–Trinajstić information content (AvgIpc) is 2.18. The van der Waals surface area contributed by atoms with Crippen LogP contribution in [0.15, 0.2) is 24.3 Å². The van der Waals surface area contributed by atoms with Gasteiger partial charge in [0.1, 0.15) is 0 Å². The van der Waals surface area contributed by atoms with Crippen LogP contribution < -0.4 is 5.32 Å². The standard InChI is InChI=1S/C10H11Cl2NO/c11-6-3-7-13-10(14)8-4-1-2-5-9(8)12/h1-2,4-5H,3,6-7H2,(H,13,14). The van der Waals surface area contributed by atoms with Crippen LogP contribution in [0.4, 0.5) is 0 Å². The molecule has 1 amide bonds. The van der Waals surface area contributed by atoms with Gasteiger partial charge in [-0.25, -0.2) is 0 Å². The van der Waals surface area contributed by atoms with Crippen LogP contribution in [0.3, 0.4) is 0 Å². The Balaban J connectivity index is 2.56. The lowest BCUT2D eigenvalue weighted by Crippen LogP contribution is -2.24. The summed E-state index contributed by atoms with van der Waals surface area (Å²) in [5.74, 6) is 0.392. The quantitative estimate of drug-likeness (QED) is 0.627. The summed E-state index contributed by atoms with van der Waals surface area (Å²) >= 11 is 11.3. The molecule has 1 aromatic carbocycles. The third-order valence-electron chi connectivity index (χ3n) is 1.71. The van der Waals surface area contributed by atoms with Gasteiger partial charge in [-0.1, -0.05) is 23.7 Å². The van der Waals surface area contributed by atoms with Gasteiger partial charge in [0.05, 0.1) is 10.6 Å². The minimum absolute atomic E-state index is 0.152. The van der Waals surface area contributed by atoms with Gasteiger partial charge in [-0.15, -0.1) is 11.6 Å². The summed E-state index contributed by atoms with van der Waals surface area (Å²) in [5, 5.41) is 3.20. The Labute approximate surface area is 93.2 Å². The smallest absolute Gasteiger partial charge is 0.252 e. The topological polar surface area (TPSA) is 29.1 Å². The minimum Gasteiger partial charge on any atom is -0.352 e. The van der Waals surface area contributed by atoms with Gasteiger partial charge in [-0.3, -0.25) is 4.79 Å². The lowest BCUT2D eigenvalue weighted by atomic mass is 10.2. The summed E-state index contributed by atoms with van der Waals surface area (Å²) in [6.45, 7) is 0.577. The summed E-state index contributed by atoms with van der Waals surface area (Å²) in [5.41, 5.74) is 0.503. The first kappa shape index (κ1) is 11.3. The van der Waals surface area contributed by atoms with Crippen LogP contribution in [0.25, 0.3) is 0 Å². The van der Waals surface area contributed by atoms with Crippen LogP contribution in [-0.2, 0) is 0 Å². The largest absolute Gasteiger partial charge is 0.352 e. The summed E-state index contributed by atoms with van der Waals surface area (Å²) in [7, 11) is 0. The highest BCUT2D eigenvalue weighted by Gasteiger charge is 2.07. The van der Waals surface area contributed by atoms with Crippen LogP contribution in [0.1, 0.15) is 16.8 Å². The van der Waals surface area contributed by atoms with Crippen molar-refractivity contribution in [2.45, 2.75) is 6.42 Å². The van der Waals surface area contributed by atoms with Crippen LogP contribution in [0.5, 0.6) is 0 Å². The molecule has 1 aromatic rings. The molecule has 0 atom stereocenters. The summed E-state index contributed by atoms with van der Waals surface area (Å²) in [4.78, 5) is 11.5. The zero-order chi connectivity index (χ0) is 10.4. The van der Waals surface area contributed by atoms with E-state index in [2.05, 4.69) is 5.32 Å². The van der Waals surface area contributed by atoms with Gasteiger partial charge in [0.2, 0.25) is 0 Å². The van der Waals surface area contributed by atoms with E-state index in [1.807, 2.05) is 0 Å². The van der Waals surface area contributed by atoms with Gasteiger partial charge in [-0.05, 0) is 18.6 Å². The molecule has 0 heterocycles. The second-order valence-electron chi connectivity index (χ2n) is 2.78. The maximum Gasteiger partial charge on any atom is 0.252 e. The predicted octanol–water partition coefficient (Wildman–Crippen LogP) is 2.70. The Morgan fingerprint density at radius 3 is 2.71 bits per heavy atom. The first-order chi connectivity index (χ1) is 6.75. The van der Waals surface area contributed by atoms with E-state index in [-0.39, 0.29) is 5.91 Å². The van der Waals surface area contributed by atoms with Crippen molar-refractivity contribution in [1.82, 2.24) is 5.32 Å². The number of halogens is 2. The monoisotopic (exact) mass is 231 g/mol. The normalized spacial score (nSPS) is 9.86. The molecule has 4 heteroatoms. The molecular formula is C10H11Cl2NO. The minimum atomic E-state index is -0.152. The van der Waals surface area contributed by atoms with E-state index in [0.717, 1.165) is 6.42 Å². The van der Waals surface area contributed by atoms with Crippen LogP contribution >= 0.6 is 23.2 Å². The van der Waals surface area contributed by atoms with Crippen LogP contribution in [0.2, 0.25) is 5.02 Å². The average molecular weight is 232 g/mol. The highest BCUT2D eigenvalue weighted by Crippen LogP contribution is 2.14. The Morgan fingerprint density at radius 1 is 1.36 bits per heavy atom. The summed E-state index contributed by atoms with van der Waals surface area (Å²) < 4.78 is 0. The molecule has 0 aromatic heterocycles. The highest BCUT2D eigenvalue weighted by atomic mass is 35.5. The first-order valence-corrected chi connectivity index (χ1v) is 5.25. The molecule has 0 aliphatic carbocycles. The van der Waals surface area contributed by atoms with Crippen molar-refractivity contribution in [2.75, 3.05) is 12.4 Å². The molecule has 0 saturated carbocycles. The maximum atomic E-state index is 11.5. The highest BCUT2D eigenvalue weighted by molar-refractivity contribution is 6.33. The molecule has 0 bridgehead atoms. The Kier molecular flexibility index (Phi) is 4.77. The number of carbonyl (C=O) groups is 1. The molecule has 0 aliphatic heterocycles. The van der Waals surface area contributed by atoms with E-state index < -0.39 is 0 Å². The Hall–Kier alpha value is -0.730. The third kappa shape index (κ3) is 3.20. The van der Waals surface area contributed by atoms with Crippen molar-refractivity contribution < 1.29 is 4.79 Å².